The van der Waals surface area contributed by atoms with Gasteiger partial charge < -0.3 is 9.47 Å². The molecule has 0 amide bonds. The molecule has 0 radical (unpaired) electrons. The van der Waals surface area contributed by atoms with Crippen LogP contribution in [0.1, 0.15) is 38.3 Å². The molecule has 2 aromatic carbocycles. The van der Waals surface area contributed by atoms with Crippen LogP contribution in [0.15, 0.2) is 60.8 Å². The molecule has 0 aliphatic rings. The zero-order chi connectivity index (χ0) is 20.1. The number of carbonyl (C=O) groups is 2. The number of rotatable bonds is 5. The monoisotopic (exact) mass is 379 g/mol. The van der Waals surface area contributed by atoms with Crippen LogP contribution in [0.3, 0.4) is 0 Å². The van der Waals surface area contributed by atoms with E-state index in [4.69, 9.17) is 9.47 Å². The fourth-order valence-electron chi connectivity index (χ4n) is 2.95. The van der Waals surface area contributed by atoms with E-state index in [9.17, 15) is 9.59 Å². The molecule has 1 heterocycles. The van der Waals surface area contributed by atoms with E-state index in [1.165, 1.54) is 4.57 Å². The van der Waals surface area contributed by atoms with E-state index in [0.29, 0.717) is 12.8 Å². The van der Waals surface area contributed by atoms with Crippen molar-refractivity contribution in [1.82, 2.24) is 4.57 Å². The van der Waals surface area contributed by atoms with Crippen LogP contribution in [-0.2, 0) is 27.3 Å². The lowest BCUT2D eigenvalue weighted by atomic mass is 10.1. The molecular formula is C23H25NO4. The van der Waals surface area contributed by atoms with Gasteiger partial charge in [0.15, 0.2) is 0 Å². The lowest BCUT2D eigenvalue weighted by Crippen LogP contribution is -2.26. The maximum absolute atomic E-state index is 12.5. The summed E-state index contributed by atoms with van der Waals surface area (Å²) in [6.45, 7) is 5.59. The van der Waals surface area contributed by atoms with Gasteiger partial charge in [-0.2, -0.15) is 0 Å². The molecule has 0 fully saturated rings. The van der Waals surface area contributed by atoms with Gasteiger partial charge in [0.1, 0.15) is 12.2 Å². The maximum atomic E-state index is 12.5. The largest absolute Gasteiger partial charge is 0.461 e. The van der Waals surface area contributed by atoms with Gasteiger partial charge in [-0.25, -0.2) is 4.79 Å². The Morgan fingerprint density at radius 3 is 2.36 bits per heavy atom. The van der Waals surface area contributed by atoms with Crippen molar-refractivity contribution in [2.24, 2.45) is 0 Å². The highest BCUT2D eigenvalue weighted by Gasteiger charge is 2.21. The standard InChI is InChI=1S/C23H25NO4/c1-23(2,3)28-22(26)24-15-18(19-11-7-8-12-20(19)24)16-27-21(25)14-13-17-9-5-4-6-10-17/h4-12,15H,13-14,16H2,1-3H3. The molecule has 0 unspecified atom stereocenters. The topological polar surface area (TPSA) is 57.5 Å². The number of benzene rings is 2. The number of hydrogen-bond donors (Lipinski definition) is 0. The summed E-state index contributed by atoms with van der Waals surface area (Å²) in [5.41, 5.74) is 2.01. The highest BCUT2D eigenvalue weighted by atomic mass is 16.6. The van der Waals surface area contributed by atoms with Gasteiger partial charge in [0.05, 0.1) is 5.52 Å². The van der Waals surface area contributed by atoms with Gasteiger partial charge in [-0.05, 0) is 38.8 Å². The third kappa shape index (κ3) is 5.00. The highest BCUT2D eigenvalue weighted by Crippen LogP contribution is 2.23. The average molecular weight is 379 g/mol. The number of para-hydroxylation sites is 1. The number of esters is 1. The quantitative estimate of drug-likeness (QED) is 0.579. The van der Waals surface area contributed by atoms with Crippen molar-refractivity contribution < 1.29 is 19.1 Å². The average Bonchev–Trinajstić information content (AvgIpc) is 3.03. The number of carbonyl (C=O) groups excluding carboxylic acids is 2. The summed E-state index contributed by atoms with van der Waals surface area (Å²) in [4.78, 5) is 24.7. The fraction of sp³-hybridized carbons (Fsp3) is 0.304. The summed E-state index contributed by atoms with van der Waals surface area (Å²) in [7, 11) is 0. The van der Waals surface area contributed by atoms with Crippen LogP contribution in [0.25, 0.3) is 10.9 Å². The minimum absolute atomic E-state index is 0.115. The lowest BCUT2D eigenvalue weighted by Gasteiger charge is -2.19. The molecule has 3 rings (SSSR count). The minimum Gasteiger partial charge on any atom is -0.461 e. The Kier molecular flexibility index (Phi) is 5.83. The second kappa shape index (κ2) is 8.30. The molecule has 28 heavy (non-hydrogen) atoms. The predicted octanol–water partition coefficient (Wildman–Crippen LogP) is 5.10. The van der Waals surface area contributed by atoms with Crippen molar-refractivity contribution >= 4 is 23.0 Å². The smallest absolute Gasteiger partial charge is 0.419 e. The zero-order valence-electron chi connectivity index (χ0n) is 16.5. The second-order valence-corrected chi connectivity index (χ2v) is 7.67. The number of aromatic nitrogens is 1. The molecule has 0 atom stereocenters. The molecule has 0 bridgehead atoms. The molecular weight excluding hydrogens is 354 g/mol. The van der Waals surface area contributed by atoms with E-state index < -0.39 is 11.7 Å². The third-order valence-electron chi connectivity index (χ3n) is 4.23. The van der Waals surface area contributed by atoms with Crippen LogP contribution in [0, 0.1) is 0 Å². The summed E-state index contributed by atoms with van der Waals surface area (Å²) < 4.78 is 12.4. The Balaban J connectivity index is 1.69. The Bertz CT molecular complexity index is 967. The number of ether oxygens (including phenoxy) is 2. The van der Waals surface area contributed by atoms with Gasteiger partial charge in [-0.1, -0.05) is 48.5 Å². The van der Waals surface area contributed by atoms with Crippen molar-refractivity contribution in [3.8, 4) is 0 Å². The number of aryl methyl sites for hydroxylation is 1. The van der Waals surface area contributed by atoms with E-state index in [2.05, 4.69) is 0 Å². The summed E-state index contributed by atoms with van der Waals surface area (Å²) in [5.74, 6) is -0.266. The normalized spacial score (nSPS) is 11.4. The molecule has 146 valence electrons. The van der Waals surface area contributed by atoms with Crippen molar-refractivity contribution in [3.63, 3.8) is 0 Å². The first kappa shape index (κ1) is 19.7. The summed E-state index contributed by atoms with van der Waals surface area (Å²) in [5, 5.41) is 0.865. The zero-order valence-corrected chi connectivity index (χ0v) is 16.5. The molecule has 0 N–H and O–H groups in total. The molecule has 5 nitrogen and oxygen atoms in total. The van der Waals surface area contributed by atoms with Crippen LogP contribution in [0.4, 0.5) is 4.79 Å². The van der Waals surface area contributed by atoms with Crippen LogP contribution in [0.5, 0.6) is 0 Å². The molecule has 0 aliphatic carbocycles. The molecule has 0 aliphatic heterocycles. The number of nitrogens with zero attached hydrogens (tertiary/aromatic N) is 1. The first-order valence-corrected chi connectivity index (χ1v) is 9.35. The summed E-state index contributed by atoms with van der Waals surface area (Å²) in [6.07, 6.45) is 2.18. The Labute approximate surface area is 164 Å². The van der Waals surface area contributed by atoms with Gasteiger partial charge in [0.2, 0.25) is 0 Å². The summed E-state index contributed by atoms with van der Waals surface area (Å²) in [6, 6.07) is 17.3. The van der Waals surface area contributed by atoms with Crippen LogP contribution >= 0.6 is 0 Å². The predicted molar refractivity (Wildman–Crippen MR) is 108 cm³/mol. The van der Waals surface area contributed by atoms with Gasteiger partial charge in [0, 0.05) is 23.6 Å². The van der Waals surface area contributed by atoms with E-state index in [-0.39, 0.29) is 12.6 Å². The van der Waals surface area contributed by atoms with Crippen LogP contribution in [0.2, 0.25) is 0 Å². The molecule has 3 aromatic rings. The Morgan fingerprint density at radius 2 is 1.64 bits per heavy atom. The first-order chi connectivity index (χ1) is 13.3. The second-order valence-electron chi connectivity index (χ2n) is 7.67. The van der Waals surface area contributed by atoms with Crippen molar-refractivity contribution in [2.45, 2.75) is 45.8 Å². The van der Waals surface area contributed by atoms with E-state index in [0.717, 1.165) is 22.0 Å². The third-order valence-corrected chi connectivity index (χ3v) is 4.23. The molecule has 0 saturated carbocycles. The SMILES string of the molecule is CC(C)(C)OC(=O)n1cc(COC(=O)CCc2ccccc2)c2ccccc21. The van der Waals surface area contributed by atoms with Crippen molar-refractivity contribution in [1.29, 1.82) is 0 Å². The van der Waals surface area contributed by atoms with E-state index in [1.54, 1.807) is 6.20 Å². The first-order valence-electron chi connectivity index (χ1n) is 9.35. The van der Waals surface area contributed by atoms with Crippen molar-refractivity contribution in [2.75, 3.05) is 0 Å². The van der Waals surface area contributed by atoms with Gasteiger partial charge in [-0.3, -0.25) is 9.36 Å². The van der Waals surface area contributed by atoms with E-state index >= 15 is 0 Å². The van der Waals surface area contributed by atoms with Gasteiger partial charge in [-0.15, -0.1) is 0 Å². The summed E-state index contributed by atoms with van der Waals surface area (Å²) >= 11 is 0. The molecule has 0 saturated heterocycles. The highest BCUT2D eigenvalue weighted by molar-refractivity contribution is 5.92. The Morgan fingerprint density at radius 1 is 0.964 bits per heavy atom. The number of fused-ring (bicyclic) bond motifs is 1. The Hall–Kier alpha value is -3.08. The molecule has 5 heteroatoms. The molecule has 1 aromatic heterocycles. The van der Waals surface area contributed by atoms with Gasteiger partial charge >= 0.3 is 12.1 Å². The van der Waals surface area contributed by atoms with Gasteiger partial charge in [0.25, 0.3) is 0 Å². The van der Waals surface area contributed by atoms with Crippen LogP contribution in [-0.4, -0.2) is 22.2 Å². The van der Waals surface area contributed by atoms with E-state index in [1.807, 2.05) is 75.4 Å². The lowest BCUT2D eigenvalue weighted by molar-refractivity contribution is -0.144. The van der Waals surface area contributed by atoms with Crippen molar-refractivity contribution in [3.05, 3.63) is 71.9 Å². The molecule has 0 spiro atoms. The minimum atomic E-state index is -0.591. The maximum Gasteiger partial charge on any atom is 0.419 e. The fourth-order valence-corrected chi connectivity index (χ4v) is 2.95. The number of hydrogen-bond acceptors (Lipinski definition) is 4. The van der Waals surface area contributed by atoms with Crippen LogP contribution < -0.4 is 0 Å².